The minimum absolute atomic E-state index is 0.0183. The van der Waals surface area contributed by atoms with Gasteiger partial charge in [0.2, 0.25) is 0 Å². The highest BCUT2D eigenvalue weighted by Gasteiger charge is 2.07. The topological polar surface area (TPSA) is 69.4 Å². The summed E-state index contributed by atoms with van der Waals surface area (Å²) in [5, 5.41) is 10.6. The third kappa shape index (κ3) is 9.08. The first-order valence-electron chi connectivity index (χ1n) is 8.67. The average molecular weight is 333 g/mol. The number of rotatable bonds is 12. The molecule has 0 aliphatic carbocycles. The molecule has 0 saturated carbocycles. The average Bonchev–Trinajstić information content (AvgIpc) is 2.57. The van der Waals surface area contributed by atoms with Crippen LogP contribution in [0.3, 0.4) is 0 Å². The van der Waals surface area contributed by atoms with E-state index in [1.165, 1.54) is 50.7 Å². The number of allylic oxidation sites excluding steroid dienone is 1. The van der Waals surface area contributed by atoms with Gasteiger partial charge < -0.3 is 4.74 Å². The van der Waals surface area contributed by atoms with E-state index in [2.05, 4.69) is 13.0 Å². The van der Waals surface area contributed by atoms with Crippen molar-refractivity contribution in [3.63, 3.8) is 0 Å². The molecule has 0 amide bonds. The Hall–Kier alpha value is -2.17. The van der Waals surface area contributed by atoms with Crippen LogP contribution in [0.1, 0.15) is 57.4 Å². The largest absolute Gasteiger partial charge is 0.461 e. The molecule has 1 aromatic carbocycles. The quantitative estimate of drug-likeness (QED) is 0.178. The summed E-state index contributed by atoms with van der Waals surface area (Å²) in [6.07, 6.45) is 12.7. The Labute approximate surface area is 143 Å². The maximum atomic E-state index is 11.7. The first kappa shape index (κ1) is 19.9. The first-order chi connectivity index (χ1) is 11.6. The zero-order valence-electron chi connectivity index (χ0n) is 14.4. The van der Waals surface area contributed by atoms with Gasteiger partial charge in [0.1, 0.15) is 6.61 Å². The number of benzene rings is 1. The molecule has 0 atom stereocenters. The summed E-state index contributed by atoms with van der Waals surface area (Å²) in [4.78, 5) is 21.8. The molecule has 0 radical (unpaired) electrons. The zero-order chi connectivity index (χ0) is 17.6. The van der Waals surface area contributed by atoms with Crippen LogP contribution in [-0.2, 0) is 16.0 Å². The van der Waals surface area contributed by atoms with Crippen LogP contribution in [0.4, 0.5) is 5.69 Å². The summed E-state index contributed by atoms with van der Waals surface area (Å²) < 4.78 is 5.12. The molecule has 5 heteroatoms. The van der Waals surface area contributed by atoms with E-state index in [0.717, 1.165) is 6.42 Å². The summed E-state index contributed by atoms with van der Waals surface area (Å²) in [7, 11) is 0. The second-order valence-electron chi connectivity index (χ2n) is 5.81. The fourth-order valence-electron chi connectivity index (χ4n) is 2.32. The lowest BCUT2D eigenvalue weighted by molar-refractivity contribution is -0.384. The molecule has 0 saturated heterocycles. The van der Waals surface area contributed by atoms with Crippen LogP contribution in [0.15, 0.2) is 36.4 Å². The summed E-state index contributed by atoms with van der Waals surface area (Å²) >= 11 is 0. The van der Waals surface area contributed by atoms with E-state index in [1.807, 2.05) is 6.08 Å². The summed E-state index contributed by atoms with van der Waals surface area (Å²) in [5.41, 5.74) is 0.728. The highest BCUT2D eigenvalue weighted by molar-refractivity contribution is 5.72. The second kappa shape index (κ2) is 12.3. The van der Waals surface area contributed by atoms with Crippen molar-refractivity contribution >= 4 is 11.7 Å². The Morgan fingerprint density at radius 3 is 2.42 bits per heavy atom. The highest BCUT2D eigenvalue weighted by atomic mass is 16.6. The van der Waals surface area contributed by atoms with E-state index in [-0.39, 0.29) is 24.7 Å². The van der Waals surface area contributed by atoms with Gasteiger partial charge in [-0.2, -0.15) is 0 Å². The molecule has 0 aliphatic heterocycles. The van der Waals surface area contributed by atoms with Crippen LogP contribution < -0.4 is 0 Å². The lowest BCUT2D eigenvalue weighted by atomic mass is 10.1. The van der Waals surface area contributed by atoms with Crippen molar-refractivity contribution in [2.45, 2.75) is 58.3 Å². The number of non-ortho nitro benzene ring substituents is 1. The number of hydrogen-bond donors (Lipinski definition) is 0. The van der Waals surface area contributed by atoms with Crippen LogP contribution in [0.2, 0.25) is 0 Å². The van der Waals surface area contributed by atoms with Gasteiger partial charge >= 0.3 is 5.97 Å². The van der Waals surface area contributed by atoms with E-state index in [9.17, 15) is 14.9 Å². The predicted molar refractivity (Wildman–Crippen MR) is 94.9 cm³/mol. The van der Waals surface area contributed by atoms with Crippen molar-refractivity contribution in [3.05, 3.63) is 52.1 Å². The molecule has 1 aromatic rings. The molecule has 0 unspecified atom stereocenters. The molecule has 24 heavy (non-hydrogen) atoms. The van der Waals surface area contributed by atoms with Crippen molar-refractivity contribution in [2.75, 3.05) is 6.61 Å². The molecule has 5 nitrogen and oxygen atoms in total. The molecule has 0 N–H and O–H groups in total. The molecule has 0 heterocycles. The SMILES string of the molecule is CCCCCCCC/C=C/COC(=O)Cc1ccc([N+](=O)[O-])cc1. The molecule has 0 aliphatic rings. The highest BCUT2D eigenvalue weighted by Crippen LogP contribution is 2.12. The number of nitro benzene ring substituents is 1. The number of ether oxygens (including phenoxy) is 1. The van der Waals surface area contributed by atoms with Crippen molar-refractivity contribution in [3.8, 4) is 0 Å². The number of unbranched alkanes of at least 4 members (excludes halogenated alkanes) is 6. The minimum Gasteiger partial charge on any atom is -0.461 e. The second-order valence-corrected chi connectivity index (χ2v) is 5.81. The van der Waals surface area contributed by atoms with Crippen molar-refractivity contribution < 1.29 is 14.5 Å². The maximum absolute atomic E-state index is 11.7. The molecule has 132 valence electrons. The zero-order valence-corrected chi connectivity index (χ0v) is 14.4. The van der Waals surface area contributed by atoms with E-state index >= 15 is 0 Å². The molecule has 0 aromatic heterocycles. The Balaban J connectivity index is 2.11. The van der Waals surface area contributed by atoms with Crippen LogP contribution >= 0.6 is 0 Å². The van der Waals surface area contributed by atoms with Gasteiger partial charge in [-0.15, -0.1) is 0 Å². The first-order valence-corrected chi connectivity index (χ1v) is 8.67. The Morgan fingerprint density at radius 1 is 1.08 bits per heavy atom. The van der Waals surface area contributed by atoms with Crippen LogP contribution in [0.25, 0.3) is 0 Å². The van der Waals surface area contributed by atoms with E-state index in [0.29, 0.717) is 5.56 Å². The van der Waals surface area contributed by atoms with Crippen LogP contribution in [0.5, 0.6) is 0 Å². The van der Waals surface area contributed by atoms with Gasteiger partial charge in [-0.1, -0.05) is 63.3 Å². The van der Waals surface area contributed by atoms with E-state index in [1.54, 1.807) is 12.1 Å². The molecular weight excluding hydrogens is 306 g/mol. The normalized spacial score (nSPS) is 10.9. The molecule has 0 spiro atoms. The Kier molecular flexibility index (Phi) is 10.2. The maximum Gasteiger partial charge on any atom is 0.310 e. The van der Waals surface area contributed by atoms with Gasteiger partial charge in [0, 0.05) is 12.1 Å². The van der Waals surface area contributed by atoms with E-state index < -0.39 is 4.92 Å². The fraction of sp³-hybridized carbons (Fsp3) is 0.526. The number of esters is 1. The van der Waals surface area contributed by atoms with Gasteiger partial charge in [-0.3, -0.25) is 14.9 Å². The van der Waals surface area contributed by atoms with Crippen molar-refractivity contribution in [1.29, 1.82) is 0 Å². The third-order valence-corrected chi connectivity index (χ3v) is 3.73. The number of nitro groups is 1. The number of carbonyl (C=O) groups excluding carboxylic acids is 1. The van der Waals surface area contributed by atoms with E-state index in [4.69, 9.17) is 4.74 Å². The van der Waals surface area contributed by atoms with Crippen molar-refractivity contribution in [1.82, 2.24) is 0 Å². The third-order valence-electron chi connectivity index (χ3n) is 3.73. The summed E-state index contributed by atoms with van der Waals surface area (Å²) in [6, 6.07) is 5.94. The number of hydrogen-bond acceptors (Lipinski definition) is 4. The van der Waals surface area contributed by atoms with Gasteiger partial charge in [-0.25, -0.2) is 0 Å². The lowest BCUT2D eigenvalue weighted by Crippen LogP contribution is -2.07. The van der Waals surface area contributed by atoms with Gasteiger partial charge in [0.25, 0.3) is 5.69 Å². The molecule has 0 fully saturated rings. The minimum atomic E-state index is -0.462. The lowest BCUT2D eigenvalue weighted by Gasteiger charge is -2.02. The number of carbonyl (C=O) groups is 1. The fourth-order valence-corrected chi connectivity index (χ4v) is 2.32. The van der Waals surface area contributed by atoms with Crippen LogP contribution in [0, 0.1) is 10.1 Å². The Bertz CT molecular complexity index is 523. The summed E-state index contributed by atoms with van der Waals surface area (Å²) in [6.45, 7) is 2.49. The monoisotopic (exact) mass is 333 g/mol. The smallest absolute Gasteiger partial charge is 0.310 e. The predicted octanol–water partition coefficient (Wildman–Crippen LogP) is 4.99. The van der Waals surface area contributed by atoms with Crippen molar-refractivity contribution in [2.24, 2.45) is 0 Å². The van der Waals surface area contributed by atoms with Gasteiger partial charge in [0.15, 0.2) is 0 Å². The number of nitrogens with zero attached hydrogens (tertiary/aromatic N) is 1. The standard InChI is InChI=1S/C19H27NO4/c1-2-3-4-5-6-7-8-9-10-15-24-19(21)16-17-11-13-18(14-12-17)20(22)23/h9-14H,2-8,15-16H2,1H3/b10-9+. The van der Waals surface area contributed by atoms with Crippen LogP contribution in [-0.4, -0.2) is 17.5 Å². The molecule has 0 bridgehead atoms. The molecule has 1 rings (SSSR count). The van der Waals surface area contributed by atoms with Gasteiger partial charge in [0.05, 0.1) is 11.3 Å². The Morgan fingerprint density at radius 2 is 1.75 bits per heavy atom. The van der Waals surface area contributed by atoms with Gasteiger partial charge in [-0.05, 0) is 18.4 Å². The molecular formula is C19H27NO4. The summed E-state index contributed by atoms with van der Waals surface area (Å²) in [5.74, 6) is -0.326.